The second-order valence-electron chi connectivity index (χ2n) is 5.78. The number of morpholine rings is 1. The summed E-state index contributed by atoms with van der Waals surface area (Å²) in [6.45, 7) is 1.15. The average Bonchev–Trinajstić information content (AvgIpc) is 2.68. The van der Waals surface area contributed by atoms with Gasteiger partial charge in [-0.1, -0.05) is 34.1 Å². The van der Waals surface area contributed by atoms with Gasteiger partial charge in [-0.15, -0.1) is 0 Å². The zero-order valence-corrected chi connectivity index (χ0v) is 16.6. The number of rotatable bonds is 6. The molecule has 0 N–H and O–H groups in total. The molecule has 144 valence electrons. The van der Waals surface area contributed by atoms with Crippen LogP contribution in [0.15, 0.2) is 51.8 Å². The van der Waals surface area contributed by atoms with E-state index in [0.717, 1.165) is 16.1 Å². The van der Waals surface area contributed by atoms with Crippen molar-refractivity contribution in [3.05, 3.63) is 62.6 Å². The quantitative estimate of drug-likeness (QED) is 0.489. The van der Waals surface area contributed by atoms with E-state index >= 15 is 0 Å². The first-order valence-electron chi connectivity index (χ1n) is 8.12. The second kappa shape index (κ2) is 8.34. The lowest BCUT2D eigenvalue weighted by molar-refractivity contribution is -0.386. The van der Waals surface area contributed by atoms with Gasteiger partial charge in [0.15, 0.2) is 5.75 Å². The fourth-order valence-corrected chi connectivity index (χ4v) is 4.46. The number of hydrogen-bond acceptors (Lipinski definition) is 6. The molecule has 0 radical (unpaired) electrons. The highest BCUT2D eigenvalue weighted by molar-refractivity contribution is 9.10. The summed E-state index contributed by atoms with van der Waals surface area (Å²) >= 11 is 3.39. The topological polar surface area (TPSA) is 99.0 Å². The van der Waals surface area contributed by atoms with Gasteiger partial charge in [0.25, 0.3) is 0 Å². The van der Waals surface area contributed by atoms with E-state index in [2.05, 4.69) is 15.9 Å². The summed E-state index contributed by atoms with van der Waals surface area (Å²) < 4.78 is 38.2. The van der Waals surface area contributed by atoms with Gasteiger partial charge < -0.3 is 9.47 Å². The molecule has 2 aromatic carbocycles. The smallest absolute Gasteiger partial charge is 0.312 e. The van der Waals surface area contributed by atoms with E-state index in [4.69, 9.17) is 9.47 Å². The number of sulfonamides is 1. The summed E-state index contributed by atoms with van der Waals surface area (Å²) in [7, 11) is -3.82. The number of benzene rings is 2. The van der Waals surface area contributed by atoms with E-state index in [9.17, 15) is 18.5 Å². The van der Waals surface area contributed by atoms with Crippen molar-refractivity contribution in [2.75, 3.05) is 26.3 Å². The lowest BCUT2D eigenvalue weighted by Crippen LogP contribution is -2.40. The van der Waals surface area contributed by atoms with Gasteiger partial charge in [-0.25, -0.2) is 8.42 Å². The highest BCUT2D eigenvalue weighted by Crippen LogP contribution is 2.32. The number of ether oxygens (including phenoxy) is 2. The van der Waals surface area contributed by atoms with Crippen LogP contribution >= 0.6 is 15.9 Å². The number of nitro groups is 1. The third kappa shape index (κ3) is 4.46. The molecular formula is C17H17BrN2O6S. The van der Waals surface area contributed by atoms with E-state index in [1.807, 2.05) is 24.3 Å². The van der Waals surface area contributed by atoms with Crippen LogP contribution in [0, 0.1) is 10.1 Å². The summed E-state index contributed by atoms with van der Waals surface area (Å²) in [5, 5.41) is 11.4. The van der Waals surface area contributed by atoms with Crippen LogP contribution in [-0.4, -0.2) is 43.9 Å². The molecule has 1 aliphatic rings. The maximum Gasteiger partial charge on any atom is 0.312 e. The van der Waals surface area contributed by atoms with Crippen LogP contribution in [-0.2, 0) is 21.4 Å². The summed E-state index contributed by atoms with van der Waals surface area (Å²) in [5.41, 5.74) is 0.424. The van der Waals surface area contributed by atoms with Crippen molar-refractivity contribution in [1.29, 1.82) is 0 Å². The molecule has 0 amide bonds. The van der Waals surface area contributed by atoms with Gasteiger partial charge in [-0.2, -0.15) is 4.31 Å². The summed E-state index contributed by atoms with van der Waals surface area (Å²) in [5.74, 6) is 0.0108. The number of nitro benzene ring substituents is 1. The Bertz CT molecular complexity index is 944. The van der Waals surface area contributed by atoms with Crippen molar-refractivity contribution in [2.45, 2.75) is 11.5 Å². The van der Waals surface area contributed by atoms with Gasteiger partial charge in [0.05, 0.1) is 23.0 Å². The van der Waals surface area contributed by atoms with Gasteiger partial charge in [-0.05, 0) is 18.2 Å². The highest BCUT2D eigenvalue weighted by atomic mass is 79.9. The van der Waals surface area contributed by atoms with E-state index < -0.39 is 20.6 Å². The van der Waals surface area contributed by atoms with Crippen LogP contribution < -0.4 is 4.74 Å². The summed E-state index contributed by atoms with van der Waals surface area (Å²) in [6.07, 6.45) is 0. The lowest BCUT2D eigenvalue weighted by Gasteiger charge is -2.26. The highest BCUT2D eigenvalue weighted by Gasteiger charge is 2.29. The molecule has 0 bridgehead atoms. The fourth-order valence-electron chi connectivity index (χ4n) is 2.63. The van der Waals surface area contributed by atoms with E-state index in [-0.39, 0.29) is 30.3 Å². The van der Waals surface area contributed by atoms with Crippen molar-refractivity contribution in [3.8, 4) is 5.75 Å². The largest absolute Gasteiger partial charge is 0.482 e. The molecule has 0 atom stereocenters. The summed E-state index contributed by atoms with van der Waals surface area (Å²) in [4.78, 5) is 10.7. The molecular weight excluding hydrogens is 440 g/mol. The van der Waals surface area contributed by atoms with E-state index in [1.54, 1.807) is 0 Å². The van der Waals surface area contributed by atoms with E-state index in [1.165, 1.54) is 16.4 Å². The molecule has 10 heteroatoms. The van der Waals surface area contributed by atoms with Crippen LogP contribution in [0.4, 0.5) is 5.69 Å². The van der Waals surface area contributed by atoms with Gasteiger partial charge in [0, 0.05) is 29.2 Å². The van der Waals surface area contributed by atoms with Gasteiger partial charge in [0.2, 0.25) is 10.0 Å². The van der Waals surface area contributed by atoms with E-state index in [0.29, 0.717) is 13.2 Å². The number of hydrogen-bond donors (Lipinski definition) is 0. The first kappa shape index (κ1) is 19.7. The summed E-state index contributed by atoms with van der Waals surface area (Å²) in [6, 6.07) is 11.0. The van der Waals surface area contributed by atoms with Crippen molar-refractivity contribution >= 4 is 31.6 Å². The molecule has 0 saturated carbocycles. The normalized spacial score (nSPS) is 15.4. The zero-order chi connectivity index (χ0) is 19.4. The zero-order valence-electron chi connectivity index (χ0n) is 14.2. The molecule has 0 spiro atoms. The Morgan fingerprint density at radius 3 is 2.56 bits per heavy atom. The Labute approximate surface area is 165 Å². The second-order valence-corrected chi connectivity index (χ2v) is 8.58. The lowest BCUT2D eigenvalue weighted by atomic mass is 10.2. The standard InChI is InChI=1S/C17H17BrN2O6S/c18-15-4-2-1-3-13(15)12-26-17-6-5-14(11-16(17)20(21)22)27(23,24)19-7-9-25-10-8-19/h1-6,11H,7-10,12H2. The molecule has 27 heavy (non-hydrogen) atoms. The van der Waals surface area contributed by atoms with Crippen LogP contribution in [0.25, 0.3) is 0 Å². The monoisotopic (exact) mass is 456 g/mol. The van der Waals surface area contributed by atoms with Crippen LogP contribution in [0.5, 0.6) is 5.75 Å². The molecule has 0 aromatic heterocycles. The predicted octanol–water partition coefficient (Wildman–Crippen LogP) is 2.96. The Balaban J connectivity index is 1.86. The van der Waals surface area contributed by atoms with Crippen molar-refractivity contribution in [1.82, 2.24) is 4.31 Å². The Hall–Kier alpha value is -2.01. The minimum absolute atomic E-state index is 0.0108. The average molecular weight is 457 g/mol. The molecule has 1 fully saturated rings. The molecule has 1 heterocycles. The van der Waals surface area contributed by atoms with Crippen LogP contribution in [0.1, 0.15) is 5.56 Å². The Morgan fingerprint density at radius 2 is 1.89 bits per heavy atom. The Morgan fingerprint density at radius 1 is 1.19 bits per heavy atom. The molecule has 1 aliphatic heterocycles. The third-order valence-electron chi connectivity index (χ3n) is 4.08. The molecule has 0 unspecified atom stereocenters. The maximum atomic E-state index is 12.7. The predicted molar refractivity (Wildman–Crippen MR) is 101 cm³/mol. The Kier molecular flexibility index (Phi) is 6.10. The van der Waals surface area contributed by atoms with Gasteiger partial charge in [-0.3, -0.25) is 10.1 Å². The molecule has 8 nitrogen and oxygen atoms in total. The van der Waals surface area contributed by atoms with Gasteiger partial charge in [0.1, 0.15) is 6.61 Å². The first-order valence-corrected chi connectivity index (χ1v) is 10.4. The SMILES string of the molecule is O=[N+]([O-])c1cc(S(=O)(=O)N2CCOCC2)ccc1OCc1ccccc1Br. The molecule has 3 rings (SSSR count). The fraction of sp³-hybridized carbons (Fsp3) is 0.294. The number of nitrogens with zero attached hydrogens (tertiary/aromatic N) is 2. The van der Waals surface area contributed by atoms with Crippen LogP contribution in [0.2, 0.25) is 0 Å². The maximum absolute atomic E-state index is 12.7. The first-order chi connectivity index (χ1) is 12.9. The van der Waals surface area contributed by atoms with Crippen molar-refractivity contribution < 1.29 is 22.8 Å². The van der Waals surface area contributed by atoms with Crippen LogP contribution in [0.3, 0.4) is 0 Å². The van der Waals surface area contributed by atoms with Crippen molar-refractivity contribution in [2.24, 2.45) is 0 Å². The third-order valence-corrected chi connectivity index (χ3v) is 6.74. The molecule has 0 aliphatic carbocycles. The molecule has 1 saturated heterocycles. The minimum Gasteiger partial charge on any atom is -0.482 e. The minimum atomic E-state index is -3.82. The number of halogens is 1. The van der Waals surface area contributed by atoms with Gasteiger partial charge >= 0.3 is 5.69 Å². The molecule has 2 aromatic rings. The van der Waals surface area contributed by atoms with Crippen molar-refractivity contribution in [3.63, 3.8) is 0 Å².